The maximum absolute atomic E-state index is 13.2. The first-order valence-corrected chi connectivity index (χ1v) is 12.3. The van der Waals surface area contributed by atoms with Gasteiger partial charge in [-0.05, 0) is 62.7 Å². The Labute approximate surface area is 203 Å². The van der Waals surface area contributed by atoms with Gasteiger partial charge in [-0.15, -0.1) is 0 Å². The van der Waals surface area contributed by atoms with Crippen LogP contribution >= 0.6 is 0 Å². The normalized spacial score (nSPS) is 11.3. The van der Waals surface area contributed by atoms with E-state index in [1.165, 1.54) is 16.8 Å². The second kappa shape index (κ2) is 9.22. The van der Waals surface area contributed by atoms with Gasteiger partial charge < -0.3 is 5.32 Å². The van der Waals surface area contributed by atoms with Crippen molar-refractivity contribution in [2.24, 2.45) is 7.05 Å². The Balaban J connectivity index is 1.68. The fraction of sp³-hybridized carbons (Fsp3) is 0.160. The van der Waals surface area contributed by atoms with Crippen LogP contribution in [0.4, 0.5) is 11.5 Å². The molecule has 0 fully saturated rings. The number of anilines is 2. The van der Waals surface area contributed by atoms with Crippen molar-refractivity contribution in [2.45, 2.75) is 25.7 Å². The molecule has 1 amide bonds. The largest absolute Gasteiger partial charge is 0.307 e. The number of aromatic nitrogens is 3. The van der Waals surface area contributed by atoms with Gasteiger partial charge in [0.25, 0.3) is 21.5 Å². The highest BCUT2D eigenvalue weighted by Gasteiger charge is 2.24. The summed E-state index contributed by atoms with van der Waals surface area (Å²) in [4.78, 5) is 30.1. The van der Waals surface area contributed by atoms with Crippen molar-refractivity contribution in [3.8, 4) is 5.69 Å². The molecule has 0 saturated heterocycles. The van der Waals surface area contributed by atoms with Gasteiger partial charge in [-0.2, -0.15) is 0 Å². The third-order valence-corrected chi connectivity index (χ3v) is 7.03. The summed E-state index contributed by atoms with van der Waals surface area (Å²) < 4.78 is 31.9. The minimum atomic E-state index is -4.17. The zero-order valence-corrected chi connectivity index (χ0v) is 20.6. The lowest BCUT2D eigenvalue weighted by Gasteiger charge is -2.11. The fourth-order valence-corrected chi connectivity index (χ4v) is 4.83. The van der Waals surface area contributed by atoms with Crippen LogP contribution in [0.15, 0.2) is 76.4 Å². The van der Waals surface area contributed by atoms with Crippen molar-refractivity contribution in [3.05, 3.63) is 99.6 Å². The maximum Gasteiger partial charge on any atom is 0.296 e. The number of carbonyl (C=O) groups is 1. The van der Waals surface area contributed by atoms with Gasteiger partial charge in [-0.1, -0.05) is 30.3 Å². The van der Waals surface area contributed by atoms with Crippen LogP contribution in [-0.2, 0) is 17.1 Å². The average molecular weight is 492 g/mol. The van der Waals surface area contributed by atoms with Crippen LogP contribution in [0.3, 0.4) is 0 Å². The molecule has 0 saturated carbocycles. The molecule has 0 bridgehead atoms. The molecule has 4 rings (SSSR count). The van der Waals surface area contributed by atoms with Crippen LogP contribution in [0.1, 0.15) is 27.3 Å². The van der Waals surface area contributed by atoms with E-state index < -0.39 is 21.5 Å². The molecule has 0 aliphatic heterocycles. The van der Waals surface area contributed by atoms with Crippen molar-refractivity contribution in [3.63, 3.8) is 0 Å². The van der Waals surface area contributed by atoms with E-state index in [9.17, 15) is 18.0 Å². The first-order valence-electron chi connectivity index (χ1n) is 10.8. The quantitative estimate of drug-likeness (QED) is 0.428. The van der Waals surface area contributed by atoms with Crippen LogP contribution in [0.2, 0.25) is 0 Å². The number of pyridine rings is 1. The third-order valence-electron chi connectivity index (χ3n) is 5.68. The average Bonchev–Trinajstić information content (AvgIpc) is 3.02. The summed E-state index contributed by atoms with van der Waals surface area (Å²) in [6, 6.07) is 18.4. The van der Waals surface area contributed by atoms with E-state index in [-0.39, 0.29) is 16.1 Å². The van der Waals surface area contributed by atoms with Crippen LogP contribution < -0.4 is 15.6 Å². The Hall–Kier alpha value is -4.18. The fourth-order valence-electron chi connectivity index (χ4n) is 3.69. The summed E-state index contributed by atoms with van der Waals surface area (Å²) in [7, 11) is -2.49. The first-order chi connectivity index (χ1) is 16.6. The summed E-state index contributed by atoms with van der Waals surface area (Å²) in [6.45, 7) is 5.17. The van der Waals surface area contributed by atoms with Crippen LogP contribution in [0, 0.1) is 20.8 Å². The molecular formula is C25H25N5O4S. The molecule has 2 heterocycles. The van der Waals surface area contributed by atoms with Crippen LogP contribution in [-0.4, -0.2) is 28.7 Å². The van der Waals surface area contributed by atoms with Crippen molar-refractivity contribution in [1.82, 2.24) is 14.3 Å². The number of nitrogens with one attached hydrogen (secondary N) is 2. The molecule has 180 valence electrons. The molecule has 2 N–H and O–H groups in total. The zero-order chi connectivity index (χ0) is 25.3. The Bertz CT molecular complexity index is 1590. The Kier molecular flexibility index (Phi) is 6.31. The molecule has 0 aliphatic rings. The number of nitrogens with zero attached hydrogens (tertiary/aromatic N) is 3. The van der Waals surface area contributed by atoms with Crippen molar-refractivity contribution in [2.75, 3.05) is 10.0 Å². The molecule has 0 aliphatic carbocycles. The summed E-state index contributed by atoms with van der Waals surface area (Å²) >= 11 is 0. The molecule has 0 unspecified atom stereocenters. The number of sulfonamides is 1. The van der Waals surface area contributed by atoms with Crippen molar-refractivity contribution < 1.29 is 13.2 Å². The van der Waals surface area contributed by atoms with Crippen molar-refractivity contribution in [1.29, 1.82) is 0 Å². The number of benzene rings is 2. The van der Waals surface area contributed by atoms with Gasteiger partial charge in [-0.3, -0.25) is 19.0 Å². The topological polar surface area (TPSA) is 115 Å². The lowest BCUT2D eigenvalue weighted by atomic mass is 10.1. The highest BCUT2D eigenvalue weighted by molar-refractivity contribution is 7.92. The predicted octanol–water partition coefficient (Wildman–Crippen LogP) is 3.55. The molecule has 0 spiro atoms. The summed E-state index contributed by atoms with van der Waals surface area (Å²) in [6.07, 6.45) is 0. The summed E-state index contributed by atoms with van der Waals surface area (Å²) in [5, 5.41) is 2.69. The second-order valence-corrected chi connectivity index (χ2v) is 9.82. The molecule has 0 radical (unpaired) electrons. The molecule has 2 aromatic heterocycles. The number of rotatable bonds is 6. The Morgan fingerprint density at radius 3 is 2.34 bits per heavy atom. The molecule has 2 aromatic carbocycles. The minimum Gasteiger partial charge on any atom is -0.307 e. The number of amides is 1. The lowest BCUT2D eigenvalue weighted by molar-refractivity contribution is 0.102. The summed E-state index contributed by atoms with van der Waals surface area (Å²) in [5.41, 5.74) is 1.99. The molecule has 35 heavy (non-hydrogen) atoms. The number of hydrogen-bond acceptors (Lipinski definition) is 5. The highest BCUT2D eigenvalue weighted by atomic mass is 32.2. The van der Waals surface area contributed by atoms with E-state index >= 15 is 0 Å². The Morgan fingerprint density at radius 1 is 0.943 bits per heavy atom. The van der Waals surface area contributed by atoms with E-state index in [1.54, 1.807) is 81.0 Å². The minimum absolute atomic E-state index is 0.0631. The van der Waals surface area contributed by atoms with Gasteiger partial charge in [0.05, 0.1) is 16.3 Å². The van der Waals surface area contributed by atoms with E-state index in [1.807, 2.05) is 6.07 Å². The van der Waals surface area contributed by atoms with Gasteiger partial charge in [0.1, 0.15) is 11.5 Å². The monoisotopic (exact) mass is 491 g/mol. The van der Waals surface area contributed by atoms with Gasteiger partial charge in [0.2, 0.25) is 0 Å². The van der Waals surface area contributed by atoms with E-state index in [4.69, 9.17) is 0 Å². The SMILES string of the molecule is Cc1cccc(NC(=O)c2cc(S(=O)(=O)Nc3c(C)n(C)n(-c4ccccc4)c3=O)ccc2C)n1. The van der Waals surface area contributed by atoms with Gasteiger partial charge in [-0.25, -0.2) is 18.1 Å². The van der Waals surface area contributed by atoms with Gasteiger partial charge >= 0.3 is 0 Å². The highest BCUT2D eigenvalue weighted by Crippen LogP contribution is 2.22. The third kappa shape index (κ3) is 4.73. The van der Waals surface area contributed by atoms with Gasteiger partial charge in [0, 0.05) is 18.3 Å². The molecule has 9 nitrogen and oxygen atoms in total. The standard InChI is InChI=1S/C25H25N5O4S/c1-16-13-14-20(15-21(16)24(31)27-22-12-8-9-17(2)26-22)35(33,34)28-23-18(3)29(4)30(25(23)32)19-10-6-5-7-11-19/h5-15,28H,1-4H3,(H,26,27,31). The molecule has 0 atom stereocenters. The lowest BCUT2D eigenvalue weighted by Crippen LogP contribution is -2.23. The number of para-hydroxylation sites is 1. The zero-order valence-electron chi connectivity index (χ0n) is 19.7. The first kappa shape index (κ1) is 24.0. The smallest absolute Gasteiger partial charge is 0.296 e. The molecule has 10 heteroatoms. The number of carbonyl (C=O) groups excluding carboxylic acids is 1. The molecule has 4 aromatic rings. The molecular weight excluding hydrogens is 466 g/mol. The second-order valence-electron chi connectivity index (χ2n) is 8.14. The van der Waals surface area contributed by atoms with Crippen LogP contribution in [0.25, 0.3) is 5.69 Å². The Morgan fingerprint density at radius 2 is 1.66 bits per heavy atom. The van der Waals surface area contributed by atoms with Gasteiger partial charge in [0.15, 0.2) is 0 Å². The number of hydrogen-bond donors (Lipinski definition) is 2. The summed E-state index contributed by atoms with van der Waals surface area (Å²) in [5.74, 6) is -0.123. The van der Waals surface area contributed by atoms with Crippen LogP contribution in [0.5, 0.6) is 0 Å². The van der Waals surface area contributed by atoms with E-state index in [0.29, 0.717) is 22.8 Å². The predicted molar refractivity (Wildman–Crippen MR) is 135 cm³/mol. The number of aryl methyl sites for hydroxylation is 2. The van der Waals surface area contributed by atoms with E-state index in [2.05, 4.69) is 15.0 Å². The van der Waals surface area contributed by atoms with Crippen molar-refractivity contribution >= 4 is 27.4 Å². The maximum atomic E-state index is 13.2. The van der Waals surface area contributed by atoms with E-state index in [0.717, 1.165) is 5.69 Å².